The standard InChI is InChI=1S/C14H12Cl2N4O/c1-9(10-2-3-12(15)13(16)8-10)19-20(14(17)21)11-4-6-18-7-5-11/h2-8H,1H3,(H2,17,21)/b19-9-. The number of primary amides is 1. The summed E-state index contributed by atoms with van der Waals surface area (Å²) in [4.78, 5) is 15.4. The zero-order valence-corrected chi connectivity index (χ0v) is 12.6. The number of carbonyl (C=O) groups excluding carboxylic acids is 1. The second kappa shape index (κ2) is 6.56. The van der Waals surface area contributed by atoms with E-state index in [1.54, 1.807) is 49.6 Å². The molecule has 2 aromatic rings. The van der Waals surface area contributed by atoms with Gasteiger partial charge in [0.05, 0.1) is 21.4 Å². The average Bonchev–Trinajstić information content (AvgIpc) is 2.48. The van der Waals surface area contributed by atoms with E-state index in [0.717, 1.165) is 10.6 Å². The van der Waals surface area contributed by atoms with Crippen molar-refractivity contribution in [2.24, 2.45) is 10.8 Å². The smallest absolute Gasteiger partial charge is 0.340 e. The fourth-order valence-corrected chi connectivity index (χ4v) is 1.95. The predicted octanol–water partition coefficient (Wildman–Crippen LogP) is 3.70. The lowest BCUT2D eigenvalue weighted by Gasteiger charge is -2.15. The van der Waals surface area contributed by atoms with Crippen LogP contribution in [0, 0.1) is 0 Å². The minimum absolute atomic E-state index is 0.415. The normalized spacial score (nSPS) is 11.3. The number of nitrogens with two attached hydrogens (primary N) is 1. The number of hydrazone groups is 1. The summed E-state index contributed by atoms with van der Waals surface area (Å²) in [5.74, 6) is 0. The predicted molar refractivity (Wildman–Crippen MR) is 85.0 cm³/mol. The Morgan fingerprint density at radius 2 is 1.86 bits per heavy atom. The number of benzene rings is 1. The van der Waals surface area contributed by atoms with Crippen LogP contribution < -0.4 is 10.7 Å². The van der Waals surface area contributed by atoms with Crippen LogP contribution in [0.2, 0.25) is 10.0 Å². The van der Waals surface area contributed by atoms with Crippen molar-refractivity contribution >= 4 is 40.6 Å². The van der Waals surface area contributed by atoms with E-state index in [4.69, 9.17) is 28.9 Å². The van der Waals surface area contributed by atoms with E-state index in [-0.39, 0.29) is 0 Å². The maximum Gasteiger partial charge on any atom is 0.340 e. The highest BCUT2D eigenvalue weighted by atomic mass is 35.5. The number of urea groups is 1. The molecule has 0 aliphatic heterocycles. The summed E-state index contributed by atoms with van der Waals surface area (Å²) in [7, 11) is 0. The maximum atomic E-state index is 11.6. The Bertz CT molecular complexity index is 689. The minimum Gasteiger partial charge on any atom is -0.350 e. The number of aromatic nitrogens is 1. The van der Waals surface area contributed by atoms with Crippen molar-refractivity contribution in [2.45, 2.75) is 6.92 Å². The van der Waals surface area contributed by atoms with Gasteiger partial charge in [0, 0.05) is 12.4 Å². The second-order valence-electron chi connectivity index (χ2n) is 4.17. The third kappa shape index (κ3) is 3.71. The lowest BCUT2D eigenvalue weighted by Crippen LogP contribution is -2.32. The summed E-state index contributed by atoms with van der Waals surface area (Å²) >= 11 is 11.8. The number of halogens is 2. The van der Waals surface area contributed by atoms with Crippen molar-refractivity contribution in [2.75, 3.05) is 5.01 Å². The number of amides is 2. The van der Waals surface area contributed by atoms with Gasteiger partial charge in [-0.2, -0.15) is 10.1 Å². The van der Waals surface area contributed by atoms with Crippen molar-refractivity contribution in [3.63, 3.8) is 0 Å². The molecule has 0 saturated carbocycles. The molecule has 0 bridgehead atoms. The molecule has 0 spiro atoms. The summed E-state index contributed by atoms with van der Waals surface area (Å²) < 4.78 is 0. The van der Waals surface area contributed by atoms with Gasteiger partial charge < -0.3 is 5.73 Å². The molecule has 7 heteroatoms. The Hall–Kier alpha value is -2.11. The van der Waals surface area contributed by atoms with Crippen LogP contribution in [0.3, 0.4) is 0 Å². The fraction of sp³-hybridized carbons (Fsp3) is 0.0714. The fourth-order valence-electron chi connectivity index (χ4n) is 1.65. The summed E-state index contributed by atoms with van der Waals surface area (Å²) in [6, 6.07) is 7.68. The van der Waals surface area contributed by atoms with Crippen LogP contribution in [0.5, 0.6) is 0 Å². The van der Waals surface area contributed by atoms with Gasteiger partial charge in [0.15, 0.2) is 0 Å². The molecule has 1 aromatic heterocycles. The van der Waals surface area contributed by atoms with Crippen LogP contribution in [-0.2, 0) is 0 Å². The minimum atomic E-state index is -0.694. The first-order chi connectivity index (χ1) is 9.99. The highest BCUT2D eigenvalue weighted by molar-refractivity contribution is 6.42. The van der Waals surface area contributed by atoms with Crippen molar-refractivity contribution in [1.82, 2.24) is 4.98 Å². The van der Waals surface area contributed by atoms with Gasteiger partial charge in [-0.15, -0.1) is 0 Å². The second-order valence-corrected chi connectivity index (χ2v) is 4.98. The molecule has 2 amide bonds. The number of carbonyl (C=O) groups is 1. The monoisotopic (exact) mass is 322 g/mol. The Morgan fingerprint density at radius 1 is 1.19 bits per heavy atom. The van der Waals surface area contributed by atoms with E-state index in [1.807, 2.05) is 0 Å². The summed E-state index contributed by atoms with van der Waals surface area (Å²) in [5, 5.41) is 6.20. The molecule has 5 nitrogen and oxygen atoms in total. The van der Waals surface area contributed by atoms with E-state index in [0.29, 0.717) is 21.4 Å². The first kappa shape index (κ1) is 15.3. The third-order valence-corrected chi connectivity index (χ3v) is 3.44. The third-order valence-electron chi connectivity index (χ3n) is 2.70. The molecule has 1 heterocycles. The molecule has 1 aromatic carbocycles. The molecule has 0 radical (unpaired) electrons. The molecule has 0 saturated heterocycles. The Labute approximate surface area is 132 Å². The zero-order chi connectivity index (χ0) is 15.4. The van der Waals surface area contributed by atoms with Gasteiger partial charge >= 0.3 is 6.03 Å². The van der Waals surface area contributed by atoms with Gasteiger partial charge in [-0.05, 0) is 36.8 Å². The number of rotatable bonds is 3. The average molecular weight is 323 g/mol. The lowest BCUT2D eigenvalue weighted by molar-refractivity contribution is 0.254. The Morgan fingerprint density at radius 3 is 2.43 bits per heavy atom. The highest BCUT2D eigenvalue weighted by Gasteiger charge is 2.12. The van der Waals surface area contributed by atoms with Crippen LogP contribution in [-0.4, -0.2) is 16.7 Å². The lowest BCUT2D eigenvalue weighted by atomic mass is 10.1. The highest BCUT2D eigenvalue weighted by Crippen LogP contribution is 2.23. The summed E-state index contributed by atoms with van der Waals surface area (Å²) in [5.41, 5.74) is 7.20. The molecule has 21 heavy (non-hydrogen) atoms. The molecular weight excluding hydrogens is 311 g/mol. The van der Waals surface area contributed by atoms with Gasteiger partial charge in [0.2, 0.25) is 0 Å². The van der Waals surface area contributed by atoms with Gasteiger partial charge in [-0.25, -0.2) is 4.79 Å². The SMILES string of the molecule is C/C(=N/N(C(N)=O)c1ccncc1)c1ccc(Cl)c(Cl)c1. The van der Waals surface area contributed by atoms with Gasteiger partial charge in [0.1, 0.15) is 0 Å². The summed E-state index contributed by atoms with van der Waals surface area (Å²) in [6.45, 7) is 1.75. The topological polar surface area (TPSA) is 71.6 Å². The van der Waals surface area contributed by atoms with Crippen molar-refractivity contribution in [3.8, 4) is 0 Å². The van der Waals surface area contributed by atoms with Crippen LogP contribution in [0.25, 0.3) is 0 Å². The van der Waals surface area contributed by atoms with Crippen LogP contribution in [0.4, 0.5) is 10.5 Å². The van der Waals surface area contributed by atoms with E-state index < -0.39 is 6.03 Å². The molecule has 0 aliphatic rings. The number of hydrogen-bond donors (Lipinski definition) is 1. The number of pyridine rings is 1. The van der Waals surface area contributed by atoms with Crippen LogP contribution in [0.15, 0.2) is 47.8 Å². The molecule has 0 atom stereocenters. The van der Waals surface area contributed by atoms with Gasteiger partial charge in [-0.1, -0.05) is 29.3 Å². The first-order valence-electron chi connectivity index (χ1n) is 5.99. The molecule has 2 N–H and O–H groups in total. The maximum absolute atomic E-state index is 11.6. The zero-order valence-electron chi connectivity index (χ0n) is 11.1. The Kier molecular flexibility index (Phi) is 4.77. The molecule has 0 aliphatic carbocycles. The largest absolute Gasteiger partial charge is 0.350 e. The van der Waals surface area contributed by atoms with Crippen LogP contribution in [0.1, 0.15) is 12.5 Å². The molecule has 0 unspecified atom stereocenters. The molecule has 2 rings (SSSR count). The van der Waals surface area contributed by atoms with Crippen molar-refractivity contribution in [1.29, 1.82) is 0 Å². The van der Waals surface area contributed by atoms with Crippen molar-refractivity contribution < 1.29 is 4.79 Å². The Balaban J connectivity index is 2.38. The quantitative estimate of drug-likeness (QED) is 0.691. The van der Waals surface area contributed by atoms with Crippen LogP contribution >= 0.6 is 23.2 Å². The van der Waals surface area contributed by atoms with Gasteiger partial charge in [0.25, 0.3) is 0 Å². The number of anilines is 1. The van der Waals surface area contributed by atoms with Crippen molar-refractivity contribution in [3.05, 3.63) is 58.3 Å². The first-order valence-corrected chi connectivity index (χ1v) is 6.75. The van der Waals surface area contributed by atoms with E-state index in [1.165, 1.54) is 0 Å². The van der Waals surface area contributed by atoms with Gasteiger partial charge in [-0.3, -0.25) is 4.98 Å². The molecule has 108 valence electrons. The summed E-state index contributed by atoms with van der Waals surface area (Å²) in [6.07, 6.45) is 3.10. The molecular formula is C14H12Cl2N4O. The molecule has 0 fully saturated rings. The number of nitrogens with zero attached hydrogens (tertiary/aromatic N) is 3. The van der Waals surface area contributed by atoms with E-state index in [9.17, 15) is 4.79 Å². The number of hydrogen-bond acceptors (Lipinski definition) is 3. The van der Waals surface area contributed by atoms with E-state index >= 15 is 0 Å². The van der Waals surface area contributed by atoms with E-state index in [2.05, 4.69) is 10.1 Å².